The number of halogens is 1. The highest BCUT2D eigenvalue weighted by molar-refractivity contribution is 9.10. The van der Waals surface area contributed by atoms with Crippen LogP contribution in [-0.2, 0) is 0 Å². The summed E-state index contributed by atoms with van der Waals surface area (Å²) in [7, 11) is 0. The van der Waals surface area contributed by atoms with Crippen molar-refractivity contribution in [1.29, 1.82) is 0 Å². The molecule has 0 saturated heterocycles. The van der Waals surface area contributed by atoms with Crippen LogP contribution >= 0.6 is 27.3 Å². The number of carbonyl (C=O) groups is 1. The van der Waals surface area contributed by atoms with E-state index in [2.05, 4.69) is 31.2 Å². The molecule has 2 aromatic heterocycles. The number of pyridine rings is 1. The quantitative estimate of drug-likeness (QED) is 0.926. The van der Waals surface area contributed by atoms with Crippen LogP contribution in [0.5, 0.6) is 0 Å². The minimum Gasteiger partial charge on any atom is -0.306 e. The lowest BCUT2D eigenvalue weighted by atomic mass is 10.3. The predicted octanol–water partition coefficient (Wildman–Crippen LogP) is 3.17. The fourth-order valence-electron chi connectivity index (χ4n) is 1.36. The molecule has 0 unspecified atom stereocenters. The van der Waals surface area contributed by atoms with Gasteiger partial charge >= 0.3 is 0 Å². The van der Waals surface area contributed by atoms with Gasteiger partial charge in [0.1, 0.15) is 10.7 Å². The normalized spacial score (nSPS) is 10.3. The molecule has 0 saturated carbocycles. The molecule has 0 radical (unpaired) electrons. The van der Waals surface area contributed by atoms with Crippen LogP contribution in [0.25, 0.3) is 0 Å². The minimum absolute atomic E-state index is 0.164. The van der Waals surface area contributed by atoms with Crippen LogP contribution in [0.3, 0.4) is 0 Å². The van der Waals surface area contributed by atoms with Crippen LogP contribution < -0.4 is 5.32 Å². The molecule has 0 spiro atoms. The van der Waals surface area contributed by atoms with Gasteiger partial charge in [-0.2, -0.15) is 0 Å². The number of nitrogens with zero attached hydrogens (tertiary/aromatic N) is 2. The number of hydrogen-bond acceptors (Lipinski definition) is 4. The van der Waals surface area contributed by atoms with Crippen LogP contribution in [0, 0.1) is 13.8 Å². The second-order valence-electron chi connectivity index (χ2n) is 3.54. The Balaban J connectivity index is 2.22. The van der Waals surface area contributed by atoms with E-state index in [4.69, 9.17) is 0 Å². The van der Waals surface area contributed by atoms with Crippen molar-refractivity contribution in [2.45, 2.75) is 13.8 Å². The molecule has 88 valence electrons. The Morgan fingerprint density at radius 3 is 2.76 bits per heavy atom. The summed E-state index contributed by atoms with van der Waals surface area (Å²) in [6, 6.07) is 1.90. The van der Waals surface area contributed by atoms with Crippen LogP contribution in [0.15, 0.2) is 22.2 Å². The van der Waals surface area contributed by atoms with Crippen molar-refractivity contribution >= 4 is 39.0 Å². The van der Waals surface area contributed by atoms with E-state index < -0.39 is 0 Å². The molecule has 0 bridgehead atoms. The van der Waals surface area contributed by atoms with Crippen LogP contribution in [0.2, 0.25) is 0 Å². The number of thiazole rings is 1. The molecule has 6 heteroatoms. The monoisotopic (exact) mass is 311 g/mol. The summed E-state index contributed by atoms with van der Waals surface area (Å²) >= 11 is 4.66. The van der Waals surface area contributed by atoms with Crippen molar-refractivity contribution in [2.75, 3.05) is 5.32 Å². The Hall–Kier alpha value is -1.27. The molecule has 0 aliphatic carbocycles. The van der Waals surface area contributed by atoms with E-state index in [0.717, 1.165) is 15.7 Å². The summed E-state index contributed by atoms with van der Waals surface area (Å²) in [5, 5.41) is 2.78. The fourth-order valence-corrected chi connectivity index (χ4v) is 2.50. The van der Waals surface area contributed by atoms with Gasteiger partial charge in [0, 0.05) is 10.7 Å². The van der Waals surface area contributed by atoms with Gasteiger partial charge in [0.2, 0.25) is 0 Å². The third kappa shape index (κ3) is 2.70. The van der Waals surface area contributed by atoms with E-state index in [-0.39, 0.29) is 5.91 Å². The molecule has 4 nitrogen and oxygen atoms in total. The summed E-state index contributed by atoms with van der Waals surface area (Å²) in [6.07, 6.45) is 1.65. The molecule has 2 rings (SSSR count). The molecule has 0 aliphatic heterocycles. The summed E-state index contributed by atoms with van der Waals surface area (Å²) in [5.41, 5.74) is 3.31. The molecule has 0 aromatic carbocycles. The topological polar surface area (TPSA) is 54.9 Å². The SMILES string of the molecule is Cc1cc(Br)cnc1NC(=O)c1scnc1C. The second kappa shape index (κ2) is 4.93. The summed E-state index contributed by atoms with van der Waals surface area (Å²) in [6.45, 7) is 3.71. The number of carbonyl (C=O) groups excluding carboxylic acids is 1. The number of hydrogen-bond donors (Lipinski definition) is 1. The van der Waals surface area contributed by atoms with E-state index in [1.54, 1.807) is 11.7 Å². The first kappa shape index (κ1) is 12.2. The average molecular weight is 312 g/mol. The first-order valence-electron chi connectivity index (χ1n) is 4.91. The highest BCUT2D eigenvalue weighted by Gasteiger charge is 2.13. The predicted molar refractivity (Wildman–Crippen MR) is 71.5 cm³/mol. The zero-order valence-corrected chi connectivity index (χ0v) is 11.7. The maximum absolute atomic E-state index is 11.9. The van der Waals surface area contributed by atoms with Gasteiger partial charge in [0.15, 0.2) is 0 Å². The molecule has 1 N–H and O–H groups in total. The molecule has 17 heavy (non-hydrogen) atoms. The maximum Gasteiger partial charge on any atom is 0.268 e. The molecule has 1 amide bonds. The van der Waals surface area contributed by atoms with Crippen molar-refractivity contribution in [2.24, 2.45) is 0 Å². The smallest absolute Gasteiger partial charge is 0.268 e. The molecular weight excluding hydrogens is 302 g/mol. The Morgan fingerprint density at radius 1 is 1.41 bits per heavy atom. The van der Waals surface area contributed by atoms with Gasteiger partial charge < -0.3 is 5.32 Å². The fraction of sp³-hybridized carbons (Fsp3) is 0.182. The van der Waals surface area contributed by atoms with Gasteiger partial charge in [0.25, 0.3) is 5.91 Å². The highest BCUT2D eigenvalue weighted by Crippen LogP contribution is 2.19. The van der Waals surface area contributed by atoms with Gasteiger partial charge in [0.05, 0.1) is 11.2 Å². The number of nitrogens with one attached hydrogen (secondary N) is 1. The molecule has 2 heterocycles. The first-order chi connectivity index (χ1) is 8.08. The van der Waals surface area contributed by atoms with Gasteiger partial charge in [-0.1, -0.05) is 0 Å². The maximum atomic E-state index is 11.9. The number of aromatic nitrogens is 2. The summed E-state index contributed by atoms with van der Waals surface area (Å²) < 4.78 is 0.891. The molecular formula is C11H10BrN3OS. The Kier molecular flexibility index (Phi) is 3.54. The summed E-state index contributed by atoms with van der Waals surface area (Å²) in [5.74, 6) is 0.411. The molecule has 0 fully saturated rings. The minimum atomic E-state index is -0.164. The third-order valence-electron chi connectivity index (χ3n) is 2.23. The number of anilines is 1. The molecule has 0 aliphatic rings. The zero-order valence-electron chi connectivity index (χ0n) is 9.32. The molecule has 2 aromatic rings. The van der Waals surface area contributed by atoms with Crippen LogP contribution in [0.4, 0.5) is 5.82 Å². The van der Waals surface area contributed by atoms with Crippen molar-refractivity contribution in [3.05, 3.63) is 38.4 Å². The summed E-state index contributed by atoms with van der Waals surface area (Å²) in [4.78, 5) is 20.8. The lowest BCUT2D eigenvalue weighted by Gasteiger charge is -2.06. The van der Waals surface area contributed by atoms with Gasteiger partial charge in [-0.25, -0.2) is 9.97 Å². The van der Waals surface area contributed by atoms with E-state index in [9.17, 15) is 4.79 Å². The Bertz CT molecular complexity index is 568. The third-order valence-corrected chi connectivity index (χ3v) is 3.59. The van der Waals surface area contributed by atoms with E-state index in [0.29, 0.717) is 10.7 Å². The van der Waals surface area contributed by atoms with Crippen molar-refractivity contribution < 1.29 is 4.79 Å². The van der Waals surface area contributed by atoms with Crippen molar-refractivity contribution in [3.8, 4) is 0 Å². The lowest BCUT2D eigenvalue weighted by molar-refractivity contribution is 0.102. The van der Waals surface area contributed by atoms with E-state index in [1.807, 2.05) is 19.9 Å². The first-order valence-corrected chi connectivity index (χ1v) is 6.59. The van der Waals surface area contributed by atoms with Crippen molar-refractivity contribution in [3.63, 3.8) is 0 Å². The highest BCUT2D eigenvalue weighted by atomic mass is 79.9. The largest absolute Gasteiger partial charge is 0.306 e. The Morgan fingerprint density at radius 2 is 2.18 bits per heavy atom. The van der Waals surface area contributed by atoms with Crippen molar-refractivity contribution in [1.82, 2.24) is 9.97 Å². The average Bonchev–Trinajstić information content (AvgIpc) is 2.68. The van der Waals surface area contributed by atoms with E-state index >= 15 is 0 Å². The second-order valence-corrected chi connectivity index (χ2v) is 5.31. The number of aryl methyl sites for hydroxylation is 2. The van der Waals surface area contributed by atoms with E-state index in [1.165, 1.54) is 11.3 Å². The lowest BCUT2D eigenvalue weighted by Crippen LogP contribution is -2.13. The standard InChI is InChI=1S/C11H10BrN3OS/c1-6-3-8(12)4-13-10(6)15-11(16)9-7(2)14-5-17-9/h3-5H,1-2H3,(H,13,15,16). The Labute approximate surface area is 111 Å². The van der Waals surface area contributed by atoms with Crippen LogP contribution in [-0.4, -0.2) is 15.9 Å². The number of amides is 1. The molecule has 0 atom stereocenters. The van der Waals surface area contributed by atoms with Gasteiger partial charge in [-0.3, -0.25) is 4.79 Å². The van der Waals surface area contributed by atoms with Crippen LogP contribution in [0.1, 0.15) is 20.9 Å². The van der Waals surface area contributed by atoms with Gasteiger partial charge in [-0.05, 0) is 41.4 Å². The number of rotatable bonds is 2. The van der Waals surface area contributed by atoms with Gasteiger partial charge in [-0.15, -0.1) is 11.3 Å². The zero-order chi connectivity index (χ0) is 12.4.